The minimum absolute atomic E-state index is 0.318. The van der Waals surface area contributed by atoms with Gasteiger partial charge in [0.1, 0.15) is 0 Å². The Bertz CT molecular complexity index is 394. The van der Waals surface area contributed by atoms with Crippen molar-refractivity contribution in [2.24, 2.45) is 0 Å². The van der Waals surface area contributed by atoms with E-state index in [1.54, 1.807) is 11.3 Å². The first-order valence-electron chi connectivity index (χ1n) is 5.61. The Morgan fingerprint density at radius 1 is 1.06 bits per heavy atom. The van der Waals surface area contributed by atoms with Gasteiger partial charge < -0.3 is 5.11 Å². The van der Waals surface area contributed by atoms with Gasteiger partial charge >= 0.3 is 0 Å². The lowest BCUT2D eigenvalue weighted by molar-refractivity contribution is 0.165. The Hall–Kier alpha value is -1.12. The molecule has 1 heterocycles. The summed E-state index contributed by atoms with van der Waals surface area (Å²) in [5.41, 5.74) is 1.02. The van der Waals surface area contributed by atoms with Crippen molar-refractivity contribution in [2.45, 2.75) is 25.4 Å². The van der Waals surface area contributed by atoms with Gasteiger partial charge in [-0.1, -0.05) is 36.4 Å². The summed E-state index contributed by atoms with van der Waals surface area (Å²) >= 11 is 1.79. The molecule has 0 aliphatic rings. The lowest BCUT2D eigenvalue weighted by Gasteiger charge is -2.09. The van der Waals surface area contributed by atoms with Crippen molar-refractivity contribution in [1.29, 1.82) is 0 Å². The summed E-state index contributed by atoms with van der Waals surface area (Å²) in [6, 6.07) is 14.1. The van der Waals surface area contributed by atoms with Crippen LogP contribution in [0.4, 0.5) is 0 Å². The molecule has 0 saturated heterocycles. The third kappa shape index (κ3) is 3.19. The molecule has 1 aromatic heterocycles. The van der Waals surface area contributed by atoms with Gasteiger partial charge in [0.25, 0.3) is 0 Å². The Kier molecular flexibility index (Phi) is 4.14. The predicted molar refractivity (Wildman–Crippen MR) is 68.7 cm³/mol. The summed E-state index contributed by atoms with van der Waals surface area (Å²) in [4.78, 5) is 1.40. The van der Waals surface area contributed by atoms with E-state index in [0.29, 0.717) is 0 Å². The van der Waals surface area contributed by atoms with Gasteiger partial charge in [-0.25, -0.2) is 0 Å². The largest absolute Gasteiger partial charge is 0.388 e. The molecule has 2 aromatic rings. The van der Waals surface area contributed by atoms with Crippen molar-refractivity contribution in [1.82, 2.24) is 0 Å². The van der Waals surface area contributed by atoms with Crippen LogP contribution in [0.15, 0.2) is 47.8 Å². The second kappa shape index (κ2) is 5.83. The number of benzene rings is 1. The van der Waals surface area contributed by atoms with Crippen LogP contribution in [0, 0.1) is 0 Å². The Balaban J connectivity index is 1.78. The van der Waals surface area contributed by atoms with Crippen LogP contribution in [0.3, 0.4) is 0 Å². The maximum atomic E-state index is 9.95. The first kappa shape index (κ1) is 11.4. The highest BCUT2D eigenvalue weighted by molar-refractivity contribution is 7.09. The zero-order valence-electron chi connectivity index (χ0n) is 9.17. The minimum atomic E-state index is -0.318. The highest BCUT2D eigenvalue weighted by Crippen LogP contribution is 2.20. The van der Waals surface area contributed by atoms with Crippen molar-refractivity contribution in [3.8, 4) is 0 Å². The third-order valence-electron chi connectivity index (χ3n) is 2.67. The van der Waals surface area contributed by atoms with Crippen molar-refractivity contribution in [2.75, 3.05) is 0 Å². The number of aryl methyl sites for hydroxylation is 1. The van der Waals surface area contributed by atoms with Gasteiger partial charge in [0, 0.05) is 4.88 Å². The third-order valence-corrected chi connectivity index (χ3v) is 3.60. The van der Waals surface area contributed by atoms with Crippen molar-refractivity contribution in [3.63, 3.8) is 0 Å². The molecule has 0 fully saturated rings. The topological polar surface area (TPSA) is 20.2 Å². The van der Waals surface area contributed by atoms with Crippen LogP contribution in [0.25, 0.3) is 0 Å². The van der Waals surface area contributed by atoms with E-state index in [4.69, 9.17) is 0 Å². The first-order chi connectivity index (χ1) is 7.86. The fraction of sp³-hybridized carbons (Fsp3) is 0.286. The molecule has 0 aliphatic carbocycles. The summed E-state index contributed by atoms with van der Waals surface area (Å²) in [7, 11) is 0. The van der Waals surface area contributed by atoms with Gasteiger partial charge in [0.2, 0.25) is 0 Å². The minimum Gasteiger partial charge on any atom is -0.388 e. The molecule has 1 N–H and O–H groups in total. The number of aliphatic hydroxyl groups is 1. The smallest absolute Gasteiger partial charge is 0.0790 e. The average Bonchev–Trinajstić information content (AvgIpc) is 2.83. The number of rotatable bonds is 5. The Morgan fingerprint density at radius 2 is 1.88 bits per heavy atom. The molecule has 0 saturated carbocycles. The summed E-state index contributed by atoms with van der Waals surface area (Å²) in [6.45, 7) is 0. The van der Waals surface area contributed by atoms with Crippen LogP contribution in [0.5, 0.6) is 0 Å². The van der Waals surface area contributed by atoms with E-state index < -0.39 is 0 Å². The van der Waals surface area contributed by atoms with Crippen molar-refractivity contribution >= 4 is 11.3 Å². The maximum Gasteiger partial charge on any atom is 0.0790 e. The quantitative estimate of drug-likeness (QED) is 0.831. The molecule has 1 atom stereocenters. The molecule has 1 unspecified atom stereocenters. The van der Waals surface area contributed by atoms with E-state index in [1.807, 2.05) is 30.3 Å². The van der Waals surface area contributed by atoms with Gasteiger partial charge in [0.15, 0.2) is 0 Å². The number of thiophene rings is 1. The molecule has 0 bridgehead atoms. The normalized spacial score (nSPS) is 12.6. The second-order valence-electron chi connectivity index (χ2n) is 3.90. The molecule has 2 heteroatoms. The predicted octanol–water partition coefficient (Wildman–Crippen LogP) is 3.80. The lowest BCUT2D eigenvalue weighted by atomic mass is 10.0. The molecule has 0 aliphatic heterocycles. The van der Waals surface area contributed by atoms with Crippen LogP contribution < -0.4 is 0 Å². The van der Waals surface area contributed by atoms with Gasteiger partial charge in [0.05, 0.1) is 6.10 Å². The second-order valence-corrected chi connectivity index (χ2v) is 4.93. The fourth-order valence-corrected chi connectivity index (χ4v) is 2.52. The van der Waals surface area contributed by atoms with Gasteiger partial charge in [-0.05, 0) is 36.3 Å². The molecule has 16 heavy (non-hydrogen) atoms. The monoisotopic (exact) mass is 232 g/mol. The molecule has 0 radical (unpaired) electrons. The van der Waals surface area contributed by atoms with Crippen LogP contribution in [-0.2, 0) is 6.42 Å². The molecule has 0 amide bonds. The number of aliphatic hydroxyl groups excluding tert-OH is 1. The van der Waals surface area contributed by atoms with Crippen LogP contribution in [0.2, 0.25) is 0 Å². The van der Waals surface area contributed by atoms with E-state index in [9.17, 15) is 5.11 Å². The van der Waals surface area contributed by atoms with Crippen molar-refractivity contribution in [3.05, 3.63) is 58.3 Å². The molecule has 1 aromatic carbocycles. The van der Waals surface area contributed by atoms with Gasteiger partial charge in [-0.15, -0.1) is 11.3 Å². The van der Waals surface area contributed by atoms with E-state index >= 15 is 0 Å². The highest BCUT2D eigenvalue weighted by Gasteiger charge is 2.06. The summed E-state index contributed by atoms with van der Waals surface area (Å²) in [6.07, 6.45) is 2.63. The van der Waals surface area contributed by atoms with Crippen molar-refractivity contribution < 1.29 is 5.11 Å². The SMILES string of the molecule is OC(CCCc1cccs1)c1ccccc1. The molecular formula is C14H16OS. The first-order valence-corrected chi connectivity index (χ1v) is 6.49. The zero-order valence-corrected chi connectivity index (χ0v) is 9.99. The van der Waals surface area contributed by atoms with E-state index in [-0.39, 0.29) is 6.10 Å². The Labute approximate surface area is 100 Å². The van der Waals surface area contributed by atoms with Gasteiger partial charge in [-0.2, -0.15) is 0 Å². The molecule has 1 nitrogen and oxygen atoms in total. The maximum absolute atomic E-state index is 9.95. The number of hydrogen-bond donors (Lipinski definition) is 1. The summed E-state index contributed by atoms with van der Waals surface area (Å²) in [5, 5.41) is 12.1. The molecule has 2 rings (SSSR count). The molecular weight excluding hydrogens is 216 g/mol. The highest BCUT2D eigenvalue weighted by atomic mass is 32.1. The Morgan fingerprint density at radius 3 is 2.56 bits per heavy atom. The number of hydrogen-bond acceptors (Lipinski definition) is 2. The fourth-order valence-electron chi connectivity index (χ4n) is 1.77. The van der Waals surface area contributed by atoms with Crippen LogP contribution in [-0.4, -0.2) is 5.11 Å². The summed E-state index contributed by atoms with van der Waals surface area (Å²) < 4.78 is 0. The van der Waals surface area contributed by atoms with E-state index in [1.165, 1.54) is 4.88 Å². The standard InChI is InChI=1S/C14H16OS/c15-14(12-6-2-1-3-7-12)10-4-8-13-9-5-11-16-13/h1-3,5-7,9,11,14-15H,4,8,10H2. The van der Waals surface area contributed by atoms with E-state index in [2.05, 4.69) is 17.5 Å². The summed E-state index contributed by atoms with van der Waals surface area (Å²) in [5.74, 6) is 0. The average molecular weight is 232 g/mol. The van der Waals surface area contributed by atoms with Crippen LogP contribution >= 0.6 is 11.3 Å². The zero-order chi connectivity index (χ0) is 11.2. The molecule has 84 valence electrons. The van der Waals surface area contributed by atoms with Gasteiger partial charge in [-0.3, -0.25) is 0 Å². The van der Waals surface area contributed by atoms with Crippen LogP contribution in [0.1, 0.15) is 29.4 Å². The molecule has 0 spiro atoms. The lowest BCUT2D eigenvalue weighted by Crippen LogP contribution is -1.97. The van der Waals surface area contributed by atoms with E-state index in [0.717, 1.165) is 24.8 Å².